The summed E-state index contributed by atoms with van der Waals surface area (Å²) in [6.07, 6.45) is 0. The molecule has 7 aromatic carbocycles. The van der Waals surface area contributed by atoms with Crippen LogP contribution in [-0.2, 0) is 0 Å². The predicted molar refractivity (Wildman–Crippen MR) is 240 cm³/mol. The molecule has 0 radical (unpaired) electrons. The van der Waals surface area contributed by atoms with Gasteiger partial charge in [-0.05, 0) is 130 Å². The molecule has 0 aromatic heterocycles. The Labute approximate surface area is 401 Å². The number of carboxylic acids is 8. The Kier molecular flexibility index (Phi) is 17.7. The molecule has 0 aliphatic heterocycles. The third-order valence-corrected chi connectivity index (χ3v) is 10.4. The van der Waals surface area contributed by atoms with Gasteiger partial charge >= 0.3 is 35.8 Å². The molecule has 0 aliphatic carbocycles. The van der Waals surface area contributed by atoms with Gasteiger partial charge in [0.2, 0.25) is 0 Å². The molecular formula is C51H38O20-6. The molecule has 0 bridgehead atoms. The monoisotopic (exact) mass is 970 g/mol. The number of aryl methyl sites for hydroxylation is 4. The van der Waals surface area contributed by atoms with Crippen LogP contribution in [0.4, 0.5) is 0 Å². The van der Waals surface area contributed by atoms with Gasteiger partial charge in [0, 0.05) is 0 Å². The van der Waals surface area contributed by atoms with E-state index in [1.807, 2.05) is 0 Å². The average Bonchev–Trinajstić information content (AvgIpc) is 3.27. The van der Waals surface area contributed by atoms with Crippen LogP contribution in [0.25, 0.3) is 32.7 Å². The van der Waals surface area contributed by atoms with E-state index in [1.165, 1.54) is 67.6 Å². The zero-order chi connectivity index (χ0) is 52.6. The van der Waals surface area contributed by atoms with Gasteiger partial charge in [-0.15, -0.1) is 0 Å². The Morgan fingerprint density at radius 1 is 0.352 bits per heavy atom. The summed E-state index contributed by atoms with van der Waals surface area (Å²) in [5.74, 6) is -12.9. The van der Waals surface area contributed by atoms with Crippen molar-refractivity contribution in [1.82, 2.24) is 0 Å². The van der Waals surface area contributed by atoms with Crippen molar-refractivity contribution in [3.05, 3.63) is 164 Å². The third-order valence-electron chi connectivity index (χ3n) is 10.4. The van der Waals surface area contributed by atoms with E-state index in [0.717, 1.165) is 24.3 Å². The van der Waals surface area contributed by atoms with Gasteiger partial charge in [0.25, 0.3) is 0 Å². The zero-order valence-corrected chi connectivity index (χ0v) is 36.6. The lowest BCUT2D eigenvalue weighted by molar-refractivity contribution is -0.276. The van der Waals surface area contributed by atoms with Gasteiger partial charge in [-0.1, -0.05) is 91.1 Å². The first-order chi connectivity index (χ1) is 32.7. The van der Waals surface area contributed by atoms with Crippen LogP contribution in [-0.4, -0.2) is 78.4 Å². The fraction of sp³-hybridized carbons (Fsp3) is 0.0980. The first-order valence-electron chi connectivity index (χ1n) is 19.7. The number of benzene rings is 7. The second-order valence-electron chi connectivity index (χ2n) is 14.9. The summed E-state index contributed by atoms with van der Waals surface area (Å²) >= 11 is 0. The van der Waals surface area contributed by atoms with Crippen molar-refractivity contribution in [3.63, 3.8) is 0 Å². The molecule has 0 saturated heterocycles. The lowest BCUT2D eigenvalue weighted by atomic mass is 9.97. The van der Waals surface area contributed by atoms with Crippen molar-refractivity contribution in [3.8, 4) is 34.1 Å². The van der Waals surface area contributed by atoms with Gasteiger partial charge < -0.3 is 70.9 Å². The third kappa shape index (κ3) is 12.7. The number of hydrogen-bond donors (Lipinski definition) is 6. The summed E-state index contributed by atoms with van der Waals surface area (Å²) in [5, 5.41) is 122. The van der Waals surface area contributed by atoms with E-state index in [2.05, 4.69) is 0 Å². The lowest BCUT2D eigenvalue weighted by Gasteiger charge is -2.19. The quantitative estimate of drug-likeness (QED) is 0.120. The minimum Gasteiger partial charge on any atom is -0.872 e. The molecule has 6 N–H and O–H groups in total. The molecule has 0 aliphatic rings. The van der Waals surface area contributed by atoms with E-state index in [0.29, 0.717) is 44.0 Å². The van der Waals surface area contributed by atoms with Crippen LogP contribution in [0.3, 0.4) is 0 Å². The van der Waals surface area contributed by atoms with Crippen LogP contribution in [0.5, 0.6) is 23.0 Å². The van der Waals surface area contributed by atoms with Crippen molar-refractivity contribution in [1.29, 1.82) is 0 Å². The normalized spacial score (nSPS) is 10.1. The molecule has 0 unspecified atom stereocenters. The van der Waals surface area contributed by atoms with Crippen LogP contribution in [0, 0.1) is 27.7 Å². The highest BCUT2D eigenvalue weighted by molar-refractivity contribution is 6.04. The molecular weight excluding hydrogens is 933 g/mol. The van der Waals surface area contributed by atoms with Crippen LogP contribution >= 0.6 is 0 Å². The molecule has 0 spiro atoms. The van der Waals surface area contributed by atoms with Gasteiger partial charge in [-0.3, -0.25) is 0 Å². The molecule has 0 saturated carbocycles. The molecule has 7 aromatic rings. The van der Waals surface area contributed by atoms with E-state index < -0.39 is 87.4 Å². The van der Waals surface area contributed by atoms with Crippen LogP contribution in [0.1, 0.15) is 113 Å². The number of carbonyl (C=O) groups excluding carboxylic acids is 2. The van der Waals surface area contributed by atoms with Crippen LogP contribution < -0.4 is 30.6 Å². The van der Waals surface area contributed by atoms with E-state index in [9.17, 15) is 69.0 Å². The molecule has 0 amide bonds. The second kappa shape index (κ2) is 22.7. The largest absolute Gasteiger partial charge is 0.872 e. The maximum atomic E-state index is 11.8. The van der Waals surface area contributed by atoms with Gasteiger partial charge in [0.1, 0.15) is 0 Å². The molecule has 0 heterocycles. The van der Waals surface area contributed by atoms with E-state index >= 15 is 0 Å². The lowest BCUT2D eigenvalue weighted by Crippen LogP contribution is -2.23. The number of fused-ring (bicyclic) bond motifs is 2. The molecule has 20 heteroatoms. The van der Waals surface area contributed by atoms with Crippen molar-refractivity contribution < 1.29 is 99.6 Å². The number of carbonyl (C=O) groups is 8. The van der Waals surface area contributed by atoms with Gasteiger partial charge in [-0.25, -0.2) is 28.8 Å². The fourth-order valence-electron chi connectivity index (χ4n) is 6.80. The highest BCUT2D eigenvalue weighted by Gasteiger charge is 2.14. The van der Waals surface area contributed by atoms with Gasteiger partial charge in [0.05, 0.1) is 45.3 Å². The van der Waals surface area contributed by atoms with Crippen molar-refractivity contribution in [2.75, 3.05) is 0 Å². The number of hydrogen-bond acceptors (Lipinski definition) is 14. The standard InChI is InChI=1S/C15H12O5.2C13H10O5.C9H8O5.CH4/c1-8-6-9(2-4-11(8)14(17)18)10-3-5-12(15(19)20)13(16)7-10;1-6-2-7-4-10(13(17)18)11(14)5-8(7)3-9(6)12(15)16;1-6-7-2-5-10(13(17)18)11(14)9(7)4-3-8(6)12(15)16;1-4-2-6(9(13)14)7(10)3-5(4)8(11)12;/h2-7,16H,1H3,(H,17,18)(H,19,20);2*2-5,14H,1H3,(H,15,16)(H,17,18);2-3,10H,1H3,(H,11,12)(H,13,14);1H4/p-6. The fourth-order valence-corrected chi connectivity index (χ4v) is 6.80. The highest BCUT2D eigenvalue weighted by Crippen LogP contribution is 2.31. The summed E-state index contributed by atoms with van der Waals surface area (Å²) in [7, 11) is 0. The molecule has 368 valence electrons. The average molecular weight is 971 g/mol. The summed E-state index contributed by atoms with van der Waals surface area (Å²) in [6.45, 7) is 6.28. The van der Waals surface area contributed by atoms with E-state index in [-0.39, 0.29) is 46.2 Å². The number of carboxylic acid groups (broad SMARTS) is 8. The smallest absolute Gasteiger partial charge is 0.335 e. The Morgan fingerprint density at radius 3 is 1.23 bits per heavy atom. The van der Waals surface area contributed by atoms with Crippen LogP contribution in [0.2, 0.25) is 0 Å². The molecule has 7 rings (SSSR count). The number of rotatable bonds is 9. The van der Waals surface area contributed by atoms with Gasteiger partial charge in [0.15, 0.2) is 0 Å². The summed E-state index contributed by atoms with van der Waals surface area (Å²) < 4.78 is 0. The molecule has 20 nitrogen and oxygen atoms in total. The minimum absolute atomic E-state index is 0. The Hall–Kier alpha value is -9.98. The van der Waals surface area contributed by atoms with Crippen molar-refractivity contribution >= 4 is 69.3 Å². The molecule has 71 heavy (non-hydrogen) atoms. The van der Waals surface area contributed by atoms with Gasteiger partial charge in [-0.2, -0.15) is 0 Å². The number of aromatic carboxylic acids is 8. The van der Waals surface area contributed by atoms with E-state index in [1.54, 1.807) is 32.9 Å². The maximum Gasteiger partial charge on any atom is 0.335 e. The summed E-state index contributed by atoms with van der Waals surface area (Å²) in [4.78, 5) is 86.1. The molecule has 0 fully saturated rings. The second-order valence-corrected chi connectivity index (χ2v) is 14.9. The first-order valence-corrected chi connectivity index (χ1v) is 19.7. The Morgan fingerprint density at radius 2 is 0.732 bits per heavy atom. The van der Waals surface area contributed by atoms with Crippen molar-refractivity contribution in [2.24, 2.45) is 0 Å². The SMILES string of the molecule is C.Cc1c(C(=O)O)ccc2c([O-])c(C(=O)[O-])ccc12.Cc1cc(-c2ccc(C(=O)O)c([O-])c2)ccc1C(=O)O.Cc1cc(C(=O)O)c([O-])cc1C(=O)O.Cc1cc2cc(C(=O)[O-])c([O-])cc2cc1C(=O)O. The van der Waals surface area contributed by atoms with Crippen molar-refractivity contribution in [2.45, 2.75) is 35.1 Å². The molecule has 0 atom stereocenters. The Bertz CT molecular complexity index is 3090. The van der Waals surface area contributed by atoms with Crippen LogP contribution in [0.15, 0.2) is 97.1 Å². The highest BCUT2D eigenvalue weighted by atomic mass is 16.4. The topological polar surface area (TPSA) is 396 Å². The maximum absolute atomic E-state index is 11.8. The summed E-state index contributed by atoms with van der Waals surface area (Å²) in [6, 6.07) is 21.0. The minimum atomic E-state index is -1.54. The Balaban J connectivity index is 0.000000251. The summed E-state index contributed by atoms with van der Waals surface area (Å²) in [5.41, 5.74) is 1.64. The first kappa shape index (κ1) is 55.3. The van der Waals surface area contributed by atoms with E-state index in [4.69, 9.17) is 30.6 Å². The predicted octanol–water partition coefficient (Wildman–Crippen LogP) is 3.80. The zero-order valence-electron chi connectivity index (χ0n) is 36.6.